The molecule has 0 aliphatic heterocycles. The van der Waals surface area contributed by atoms with E-state index in [-0.39, 0.29) is 16.5 Å². The number of aromatic nitrogens is 1. The van der Waals surface area contributed by atoms with Gasteiger partial charge in [0.25, 0.3) is 10.0 Å². The first-order chi connectivity index (χ1) is 10.7. The van der Waals surface area contributed by atoms with Gasteiger partial charge in [0.2, 0.25) is 5.91 Å². The molecule has 0 saturated carbocycles. The van der Waals surface area contributed by atoms with Crippen molar-refractivity contribution in [2.45, 2.75) is 25.7 Å². The maximum absolute atomic E-state index is 12.5. The summed E-state index contributed by atoms with van der Waals surface area (Å²) < 4.78 is 32.5. The van der Waals surface area contributed by atoms with Crippen LogP contribution in [-0.2, 0) is 14.8 Å². The molecular formula is C14H17N3O4S2. The molecule has 9 heteroatoms. The van der Waals surface area contributed by atoms with Crippen LogP contribution < -0.4 is 14.8 Å². The highest BCUT2D eigenvalue weighted by Gasteiger charge is 2.19. The van der Waals surface area contributed by atoms with Crippen molar-refractivity contribution in [3.05, 3.63) is 28.8 Å². The number of anilines is 2. The Morgan fingerprint density at radius 1 is 1.30 bits per heavy atom. The number of aryl methyl sites for hydroxylation is 2. The van der Waals surface area contributed by atoms with Crippen molar-refractivity contribution in [1.82, 2.24) is 4.98 Å². The van der Waals surface area contributed by atoms with Gasteiger partial charge in [0, 0.05) is 11.8 Å². The van der Waals surface area contributed by atoms with Crippen LogP contribution >= 0.6 is 11.3 Å². The molecule has 2 N–H and O–H groups in total. The molecule has 2 rings (SSSR count). The number of nitrogens with one attached hydrogen (secondary N) is 2. The summed E-state index contributed by atoms with van der Waals surface area (Å²) in [6.07, 6.45) is 0. The molecule has 124 valence electrons. The zero-order chi connectivity index (χ0) is 17.2. The second-order valence-corrected chi connectivity index (χ2v) is 7.69. The minimum absolute atomic E-state index is 0.00700. The smallest absolute Gasteiger partial charge is 0.263 e. The Hall–Kier alpha value is -2.13. The number of methoxy groups -OCH3 is 1. The fraction of sp³-hybridized carbons (Fsp3) is 0.286. The average Bonchev–Trinajstić information content (AvgIpc) is 2.75. The van der Waals surface area contributed by atoms with Crippen LogP contribution in [0.3, 0.4) is 0 Å². The topological polar surface area (TPSA) is 97.4 Å². The summed E-state index contributed by atoms with van der Waals surface area (Å²) in [5, 5.41) is 2.85. The first kappa shape index (κ1) is 17.2. The number of nitrogens with zero attached hydrogens (tertiary/aromatic N) is 1. The molecule has 0 fully saturated rings. The van der Waals surface area contributed by atoms with Gasteiger partial charge in [0.05, 0.1) is 23.4 Å². The molecule has 0 aliphatic rings. The second-order valence-electron chi connectivity index (χ2n) is 4.81. The fourth-order valence-electron chi connectivity index (χ4n) is 1.83. The Morgan fingerprint density at radius 3 is 2.52 bits per heavy atom. The summed E-state index contributed by atoms with van der Waals surface area (Å²) in [5.41, 5.74) is 1.07. The van der Waals surface area contributed by atoms with Crippen LogP contribution in [-0.4, -0.2) is 26.4 Å². The van der Waals surface area contributed by atoms with Gasteiger partial charge in [0.1, 0.15) is 5.75 Å². The Kier molecular flexibility index (Phi) is 4.90. The van der Waals surface area contributed by atoms with E-state index in [1.54, 1.807) is 0 Å². The van der Waals surface area contributed by atoms with Crippen molar-refractivity contribution < 1.29 is 17.9 Å². The highest BCUT2D eigenvalue weighted by molar-refractivity contribution is 7.93. The maximum atomic E-state index is 12.5. The van der Waals surface area contributed by atoms with Crippen LogP contribution in [0.1, 0.15) is 17.5 Å². The van der Waals surface area contributed by atoms with Gasteiger partial charge in [-0.2, -0.15) is 0 Å². The minimum Gasteiger partial charge on any atom is -0.495 e. The van der Waals surface area contributed by atoms with Crippen LogP contribution in [0, 0.1) is 13.8 Å². The molecule has 0 spiro atoms. The quantitative estimate of drug-likeness (QED) is 0.859. The molecule has 0 bridgehead atoms. The average molecular weight is 355 g/mol. The summed E-state index contributed by atoms with van der Waals surface area (Å²) in [6, 6.07) is 4.23. The molecule has 1 aromatic heterocycles. The monoisotopic (exact) mass is 355 g/mol. The number of thiazole rings is 1. The SMILES string of the molecule is COc1ccc(S(=O)(=O)Nc2nc(C)c(C)s2)cc1NC(C)=O. The number of benzene rings is 1. The van der Waals surface area contributed by atoms with E-state index >= 15 is 0 Å². The molecule has 2 aromatic rings. The normalized spacial score (nSPS) is 11.1. The highest BCUT2D eigenvalue weighted by atomic mass is 32.2. The Labute approximate surface area is 138 Å². The largest absolute Gasteiger partial charge is 0.495 e. The van der Waals surface area contributed by atoms with Crippen molar-refractivity contribution in [3.8, 4) is 5.75 Å². The van der Waals surface area contributed by atoms with Crippen molar-refractivity contribution in [2.24, 2.45) is 0 Å². The number of ether oxygens (including phenoxy) is 1. The summed E-state index contributed by atoms with van der Waals surface area (Å²) >= 11 is 1.26. The lowest BCUT2D eigenvalue weighted by Gasteiger charge is -2.11. The van der Waals surface area contributed by atoms with Crippen molar-refractivity contribution in [1.29, 1.82) is 0 Å². The lowest BCUT2D eigenvalue weighted by atomic mass is 10.3. The summed E-state index contributed by atoms with van der Waals surface area (Å²) in [4.78, 5) is 16.3. The number of amides is 1. The van der Waals surface area contributed by atoms with E-state index in [9.17, 15) is 13.2 Å². The number of carbonyl (C=O) groups is 1. The summed E-state index contributed by atoms with van der Waals surface area (Å²) in [6.45, 7) is 5.01. The minimum atomic E-state index is -3.81. The zero-order valence-electron chi connectivity index (χ0n) is 13.1. The Bertz CT molecular complexity index is 824. The summed E-state index contributed by atoms with van der Waals surface area (Å²) in [7, 11) is -2.37. The third-order valence-corrected chi connectivity index (χ3v) is 5.50. The molecular weight excluding hydrogens is 338 g/mol. The number of hydrogen-bond acceptors (Lipinski definition) is 6. The van der Waals surface area contributed by atoms with Gasteiger partial charge in [0.15, 0.2) is 5.13 Å². The standard InChI is InChI=1S/C14H17N3O4S2/c1-8-9(2)22-14(15-8)17-23(19,20)11-5-6-13(21-4)12(7-11)16-10(3)18/h5-7H,1-4H3,(H,15,17)(H,16,18). The van der Waals surface area contributed by atoms with Crippen LogP contribution in [0.25, 0.3) is 0 Å². The number of hydrogen-bond donors (Lipinski definition) is 2. The van der Waals surface area contributed by atoms with Gasteiger partial charge in [-0.25, -0.2) is 13.4 Å². The first-order valence-corrected chi connectivity index (χ1v) is 8.95. The predicted molar refractivity (Wildman–Crippen MR) is 89.7 cm³/mol. The van der Waals surface area contributed by atoms with Gasteiger partial charge >= 0.3 is 0 Å². The molecule has 0 aliphatic carbocycles. The Balaban J connectivity index is 2.37. The number of rotatable bonds is 5. The van der Waals surface area contributed by atoms with E-state index in [4.69, 9.17) is 4.74 Å². The molecule has 0 atom stereocenters. The van der Waals surface area contributed by atoms with Gasteiger partial charge < -0.3 is 10.1 Å². The van der Waals surface area contributed by atoms with E-state index in [0.717, 1.165) is 10.6 Å². The van der Waals surface area contributed by atoms with Gasteiger partial charge in [-0.3, -0.25) is 9.52 Å². The van der Waals surface area contributed by atoms with E-state index in [1.807, 2.05) is 13.8 Å². The number of sulfonamides is 1. The molecule has 23 heavy (non-hydrogen) atoms. The molecule has 0 radical (unpaired) electrons. The van der Waals surface area contributed by atoms with Crippen molar-refractivity contribution in [2.75, 3.05) is 17.1 Å². The van der Waals surface area contributed by atoms with E-state index in [0.29, 0.717) is 10.9 Å². The third kappa shape index (κ3) is 3.99. The second kappa shape index (κ2) is 6.55. The first-order valence-electron chi connectivity index (χ1n) is 6.65. The molecule has 1 aromatic carbocycles. The lowest BCUT2D eigenvalue weighted by Crippen LogP contribution is -2.14. The molecule has 1 heterocycles. The highest BCUT2D eigenvalue weighted by Crippen LogP contribution is 2.29. The van der Waals surface area contributed by atoms with Crippen LogP contribution in [0.2, 0.25) is 0 Å². The lowest BCUT2D eigenvalue weighted by molar-refractivity contribution is -0.114. The number of carbonyl (C=O) groups excluding carboxylic acids is 1. The van der Waals surface area contributed by atoms with Crippen LogP contribution in [0.4, 0.5) is 10.8 Å². The molecule has 1 amide bonds. The van der Waals surface area contributed by atoms with E-state index < -0.39 is 10.0 Å². The van der Waals surface area contributed by atoms with Crippen molar-refractivity contribution >= 4 is 38.1 Å². The third-order valence-electron chi connectivity index (χ3n) is 3.04. The summed E-state index contributed by atoms with van der Waals surface area (Å²) in [5.74, 6) is 0.0528. The van der Waals surface area contributed by atoms with Crippen LogP contribution in [0.15, 0.2) is 23.1 Å². The van der Waals surface area contributed by atoms with Crippen LogP contribution in [0.5, 0.6) is 5.75 Å². The Morgan fingerprint density at radius 2 is 2.00 bits per heavy atom. The zero-order valence-corrected chi connectivity index (χ0v) is 14.8. The van der Waals surface area contributed by atoms with Crippen molar-refractivity contribution in [3.63, 3.8) is 0 Å². The maximum Gasteiger partial charge on any atom is 0.263 e. The van der Waals surface area contributed by atoms with E-state index in [1.165, 1.54) is 43.6 Å². The molecule has 0 unspecified atom stereocenters. The fourth-order valence-corrected chi connectivity index (χ4v) is 3.91. The molecule has 7 nitrogen and oxygen atoms in total. The van der Waals surface area contributed by atoms with Gasteiger partial charge in [-0.1, -0.05) is 0 Å². The molecule has 0 saturated heterocycles. The van der Waals surface area contributed by atoms with E-state index in [2.05, 4.69) is 15.0 Å². The van der Waals surface area contributed by atoms with Gasteiger partial charge in [-0.15, -0.1) is 11.3 Å². The van der Waals surface area contributed by atoms with Gasteiger partial charge in [-0.05, 0) is 32.0 Å². The predicted octanol–water partition coefficient (Wildman–Crippen LogP) is 2.53.